The smallest absolute Gasteiger partial charge is 0.395 e. The lowest BCUT2D eigenvalue weighted by molar-refractivity contribution is -0.151. The number of ketones is 1. The fourth-order valence-electron chi connectivity index (χ4n) is 1.72. The van der Waals surface area contributed by atoms with Gasteiger partial charge in [0.2, 0.25) is 0 Å². The number of halogens is 3. The minimum atomic E-state index is -4.47. The first-order valence-electron chi connectivity index (χ1n) is 5.32. The number of hydrogen-bond donors (Lipinski definition) is 0. The highest BCUT2D eigenvalue weighted by molar-refractivity contribution is 5.81. The molecule has 18 heavy (non-hydrogen) atoms. The molecule has 1 heterocycles. The Morgan fingerprint density at radius 3 is 2.50 bits per heavy atom. The fraction of sp³-hybridized carbons (Fsp3) is 0.500. The summed E-state index contributed by atoms with van der Waals surface area (Å²) in [4.78, 5) is 15.3. The molecule has 0 spiro atoms. The zero-order valence-corrected chi connectivity index (χ0v) is 10.4. The lowest BCUT2D eigenvalue weighted by atomic mass is 10.1. The predicted molar refractivity (Wildman–Crippen MR) is 59.6 cm³/mol. The number of aromatic nitrogens is 1. The average Bonchev–Trinajstić information content (AvgIpc) is 2.20. The highest BCUT2D eigenvalue weighted by Crippen LogP contribution is 2.26. The van der Waals surface area contributed by atoms with Crippen molar-refractivity contribution >= 4 is 5.78 Å². The molecule has 0 amide bonds. The quantitative estimate of drug-likeness (QED) is 0.836. The van der Waals surface area contributed by atoms with Crippen LogP contribution in [-0.4, -0.2) is 24.1 Å². The monoisotopic (exact) mass is 261 g/mol. The maximum atomic E-state index is 12.1. The number of hydrogen-bond acceptors (Lipinski definition) is 3. The van der Waals surface area contributed by atoms with Crippen molar-refractivity contribution in [3.63, 3.8) is 0 Å². The van der Waals surface area contributed by atoms with E-state index >= 15 is 0 Å². The van der Waals surface area contributed by atoms with E-state index in [1.165, 1.54) is 13.3 Å². The number of nitrogens with zero attached hydrogens (tertiary/aromatic N) is 1. The van der Waals surface area contributed by atoms with Crippen LogP contribution in [0.25, 0.3) is 0 Å². The summed E-state index contributed by atoms with van der Waals surface area (Å²) in [7, 11) is 1.47. The molecule has 6 heteroatoms. The van der Waals surface area contributed by atoms with Crippen molar-refractivity contribution in [2.24, 2.45) is 0 Å². The third kappa shape index (κ3) is 3.72. The molecule has 0 N–H and O–H groups in total. The van der Waals surface area contributed by atoms with Gasteiger partial charge in [-0.25, -0.2) is 0 Å². The van der Waals surface area contributed by atoms with Gasteiger partial charge in [-0.05, 0) is 13.8 Å². The van der Waals surface area contributed by atoms with Gasteiger partial charge in [0.25, 0.3) is 0 Å². The Morgan fingerprint density at radius 1 is 1.39 bits per heavy atom. The molecule has 0 aliphatic heterocycles. The summed E-state index contributed by atoms with van der Waals surface area (Å²) in [5.74, 6) is -0.344. The van der Waals surface area contributed by atoms with E-state index in [4.69, 9.17) is 4.74 Å². The molecule has 3 nitrogen and oxygen atoms in total. The van der Waals surface area contributed by atoms with E-state index in [1.807, 2.05) is 0 Å². The summed E-state index contributed by atoms with van der Waals surface area (Å²) < 4.78 is 41.3. The molecule has 0 saturated heterocycles. The second kappa shape index (κ2) is 5.37. The van der Waals surface area contributed by atoms with Gasteiger partial charge in [-0.1, -0.05) is 0 Å². The molecule has 1 aromatic rings. The molecule has 0 aromatic carbocycles. The number of aryl methyl sites for hydroxylation is 1. The molecular formula is C12H14F3NO2. The molecule has 0 radical (unpaired) electrons. The lowest BCUT2D eigenvalue weighted by Crippen LogP contribution is -2.17. The van der Waals surface area contributed by atoms with Gasteiger partial charge < -0.3 is 4.74 Å². The van der Waals surface area contributed by atoms with Crippen LogP contribution < -0.4 is 4.74 Å². The molecule has 1 aromatic heterocycles. The number of carbonyl (C=O) groups is 1. The number of rotatable bonds is 4. The van der Waals surface area contributed by atoms with Gasteiger partial charge in [0.05, 0.1) is 12.8 Å². The minimum Gasteiger partial charge on any atom is -0.496 e. The molecule has 0 atom stereocenters. The minimum absolute atomic E-state index is 0.326. The first-order valence-corrected chi connectivity index (χ1v) is 5.32. The van der Waals surface area contributed by atoms with Crippen LogP contribution in [0.1, 0.15) is 23.2 Å². The van der Waals surface area contributed by atoms with E-state index in [0.717, 1.165) is 5.56 Å². The summed E-state index contributed by atoms with van der Waals surface area (Å²) >= 11 is 0. The summed E-state index contributed by atoms with van der Waals surface area (Å²) in [5, 5.41) is 0. The van der Waals surface area contributed by atoms with E-state index < -0.39 is 18.4 Å². The van der Waals surface area contributed by atoms with Crippen LogP contribution in [0.2, 0.25) is 0 Å². The highest BCUT2D eigenvalue weighted by Gasteiger charge is 2.31. The Kier molecular flexibility index (Phi) is 4.32. The number of alkyl halides is 3. The largest absolute Gasteiger partial charge is 0.496 e. The van der Waals surface area contributed by atoms with E-state index in [1.54, 1.807) is 13.8 Å². The molecule has 0 unspecified atom stereocenters. The summed E-state index contributed by atoms with van der Waals surface area (Å²) in [6, 6.07) is 0. The number of Topliss-reactive ketones (excluding diaryl/α,β-unsaturated/α-hetero) is 1. The first-order chi connectivity index (χ1) is 8.24. The van der Waals surface area contributed by atoms with Gasteiger partial charge in [-0.2, -0.15) is 13.2 Å². The lowest BCUT2D eigenvalue weighted by Gasteiger charge is -2.12. The fourth-order valence-corrected chi connectivity index (χ4v) is 1.72. The Hall–Kier alpha value is -1.59. The standard InChI is InChI=1S/C12H14F3NO2/c1-7-6-16-10(8(2)11(7)18-3)4-9(17)5-12(13,14)15/h6H,4-5H2,1-3H3. The van der Waals surface area contributed by atoms with Crippen molar-refractivity contribution in [2.45, 2.75) is 32.9 Å². The molecule has 0 aliphatic carbocycles. The zero-order chi connectivity index (χ0) is 13.9. The van der Waals surface area contributed by atoms with Crippen molar-refractivity contribution in [1.82, 2.24) is 4.98 Å². The second-order valence-electron chi connectivity index (χ2n) is 4.05. The van der Waals surface area contributed by atoms with Gasteiger partial charge in [-0.3, -0.25) is 9.78 Å². The van der Waals surface area contributed by atoms with Crippen molar-refractivity contribution in [2.75, 3.05) is 7.11 Å². The highest BCUT2D eigenvalue weighted by atomic mass is 19.4. The zero-order valence-electron chi connectivity index (χ0n) is 10.4. The van der Waals surface area contributed by atoms with Gasteiger partial charge in [0.1, 0.15) is 18.0 Å². The van der Waals surface area contributed by atoms with Crippen molar-refractivity contribution in [3.05, 3.63) is 23.0 Å². The summed E-state index contributed by atoms with van der Waals surface area (Å²) in [6.07, 6.45) is -4.74. The van der Waals surface area contributed by atoms with E-state index in [2.05, 4.69) is 4.98 Å². The summed E-state index contributed by atoms with van der Waals surface area (Å²) in [6.45, 7) is 3.45. The maximum Gasteiger partial charge on any atom is 0.395 e. The number of pyridine rings is 1. The Bertz CT molecular complexity index is 455. The van der Waals surface area contributed by atoms with Crippen LogP contribution in [0, 0.1) is 13.8 Å². The number of methoxy groups -OCH3 is 1. The Labute approximate surface area is 103 Å². The molecule has 0 fully saturated rings. The second-order valence-corrected chi connectivity index (χ2v) is 4.05. The molecule has 1 rings (SSSR count). The van der Waals surface area contributed by atoms with Crippen molar-refractivity contribution in [1.29, 1.82) is 0 Å². The van der Waals surface area contributed by atoms with Crippen molar-refractivity contribution in [3.8, 4) is 5.75 Å². The van der Waals surface area contributed by atoms with Gasteiger partial charge in [0, 0.05) is 23.7 Å². The van der Waals surface area contributed by atoms with Crippen LogP contribution in [0.15, 0.2) is 6.20 Å². The predicted octanol–water partition coefficient (Wildman–Crippen LogP) is 2.77. The SMILES string of the molecule is COc1c(C)cnc(CC(=O)CC(F)(F)F)c1C. The molecule has 0 aliphatic rings. The topological polar surface area (TPSA) is 39.2 Å². The molecule has 100 valence electrons. The Morgan fingerprint density at radius 2 is 2.00 bits per heavy atom. The van der Waals surface area contributed by atoms with Crippen molar-refractivity contribution < 1.29 is 22.7 Å². The van der Waals surface area contributed by atoms with E-state index in [9.17, 15) is 18.0 Å². The van der Waals surface area contributed by atoms with Gasteiger partial charge >= 0.3 is 6.18 Å². The molecular weight excluding hydrogens is 247 g/mol. The summed E-state index contributed by atoms with van der Waals surface area (Å²) in [5.41, 5.74) is 1.71. The van der Waals surface area contributed by atoms with E-state index in [-0.39, 0.29) is 6.42 Å². The van der Waals surface area contributed by atoms with Crippen LogP contribution in [0.4, 0.5) is 13.2 Å². The van der Waals surface area contributed by atoms with Crippen LogP contribution in [-0.2, 0) is 11.2 Å². The van der Waals surface area contributed by atoms with E-state index in [0.29, 0.717) is 17.0 Å². The average molecular weight is 261 g/mol. The third-order valence-corrected chi connectivity index (χ3v) is 2.51. The Balaban J connectivity index is 2.89. The molecule has 0 bridgehead atoms. The van der Waals surface area contributed by atoms with Crippen LogP contribution in [0.5, 0.6) is 5.75 Å². The normalized spacial score (nSPS) is 11.4. The maximum absolute atomic E-state index is 12.1. The van der Waals surface area contributed by atoms with Crippen LogP contribution in [0.3, 0.4) is 0 Å². The molecule has 0 saturated carbocycles. The van der Waals surface area contributed by atoms with Gasteiger partial charge in [0.15, 0.2) is 0 Å². The third-order valence-electron chi connectivity index (χ3n) is 2.51. The van der Waals surface area contributed by atoms with Gasteiger partial charge in [-0.15, -0.1) is 0 Å². The number of ether oxygens (including phenoxy) is 1. The first kappa shape index (κ1) is 14.5. The number of carbonyl (C=O) groups excluding carboxylic acids is 1. The van der Waals surface area contributed by atoms with Crippen LogP contribution >= 0.6 is 0 Å².